The van der Waals surface area contributed by atoms with Gasteiger partial charge in [0.25, 0.3) is 0 Å². The van der Waals surface area contributed by atoms with E-state index in [1.807, 2.05) is 18.4 Å². The van der Waals surface area contributed by atoms with Crippen molar-refractivity contribution >= 4 is 23.8 Å². The van der Waals surface area contributed by atoms with E-state index in [0.29, 0.717) is 30.9 Å². The Morgan fingerprint density at radius 1 is 1.32 bits per heavy atom. The fourth-order valence-electron chi connectivity index (χ4n) is 3.80. The summed E-state index contributed by atoms with van der Waals surface area (Å²) in [5.41, 5.74) is 2.46. The number of carbonyl (C=O) groups excluding carboxylic acids is 2. The highest BCUT2D eigenvalue weighted by Gasteiger charge is 2.37. The quantitative estimate of drug-likeness (QED) is 0.597. The average Bonchev–Trinajstić information content (AvgIpc) is 3.28. The van der Waals surface area contributed by atoms with Crippen LogP contribution in [0.15, 0.2) is 24.5 Å². The highest BCUT2D eigenvalue weighted by atomic mass is 32.2. The maximum atomic E-state index is 13.4. The number of aromatic amines is 1. The Morgan fingerprint density at radius 2 is 2.13 bits per heavy atom. The molecule has 168 valence electrons. The number of imidazole rings is 1. The number of hydrogen-bond acceptors (Lipinski definition) is 7. The number of urea groups is 1. The van der Waals surface area contributed by atoms with Crippen molar-refractivity contribution in [2.24, 2.45) is 0 Å². The molecule has 2 N–H and O–H groups in total. The van der Waals surface area contributed by atoms with Gasteiger partial charge in [0.05, 0.1) is 33.4 Å². The van der Waals surface area contributed by atoms with Crippen LogP contribution in [-0.2, 0) is 16.0 Å². The molecule has 31 heavy (non-hydrogen) atoms. The van der Waals surface area contributed by atoms with Gasteiger partial charge in [0.1, 0.15) is 12.1 Å². The minimum absolute atomic E-state index is 0.361. The van der Waals surface area contributed by atoms with Gasteiger partial charge in [-0.2, -0.15) is 11.8 Å². The van der Waals surface area contributed by atoms with Crippen LogP contribution in [0.4, 0.5) is 4.79 Å². The second kappa shape index (κ2) is 10.4. The standard InChI is InChI=1S/C21H28N4O5S/c1-28-16-7-5-6-13(19(16)29-2)18-17-14(22-12-23-17)8-10-25(18)21(27)24-15(9-11-31-4)20(26)30-3/h5-7,12,15,18H,8-11H2,1-4H3,(H,22,23)(H,24,27)/t15-,18+/m1/s1. The molecule has 2 heterocycles. The van der Waals surface area contributed by atoms with Crippen LogP contribution in [0.1, 0.15) is 29.4 Å². The number of hydrogen-bond donors (Lipinski definition) is 2. The number of esters is 1. The molecule has 0 bridgehead atoms. The normalized spacial score (nSPS) is 16.3. The van der Waals surface area contributed by atoms with Crippen LogP contribution in [0, 0.1) is 0 Å². The maximum Gasteiger partial charge on any atom is 0.328 e. The van der Waals surface area contributed by atoms with Crippen LogP contribution in [0.25, 0.3) is 0 Å². The molecule has 0 unspecified atom stereocenters. The molecular weight excluding hydrogens is 420 g/mol. The van der Waals surface area contributed by atoms with E-state index >= 15 is 0 Å². The number of nitrogens with zero attached hydrogens (tertiary/aromatic N) is 2. The van der Waals surface area contributed by atoms with Crippen LogP contribution in [-0.4, -0.2) is 72.8 Å². The molecule has 0 fully saturated rings. The molecule has 0 spiro atoms. The summed E-state index contributed by atoms with van der Waals surface area (Å²) in [6.07, 6.45) is 4.68. The topological polar surface area (TPSA) is 106 Å². The van der Waals surface area contributed by atoms with Gasteiger partial charge in [-0.25, -0.2) is 14.6 Å². The zero-order chi connectivity index (χ0) is 22.4. The van der Waals surface area contributed by atoms with Crippen molar-refractivity contribution in [3.8, 4) is 11.5 Å². The van der Waals surface area contributed by atoms with Crippen molar-refractivity contribution in [1.82, 2.24) is 20.2 Å². The number of thioether (sulfide) groups is 1. The molecular formula is C21H28N4O5S. The lowest BCUT2D eigenvalue weighted by Crippen LogP contribution is -2.51. The van der Waals surface area contributed by atoms with E-state index in [1.54, 1.807) is 43.3 Å². The Bertz CT molecular complexity index is 919. The molecule has 9 nitrogen and oxygen atoms in total. The summed E-state index contributed by atoms with van der Waals surface area (Å²) in [6, 6.07) is 3.96. The number of amides is 2. The number of ether oxygens (including phenoxy) is 3. The number of aromatic nitrogens is 2. The van der Waals surface area contributed by atoms with Crippen molar-refractivity contribution in [3.63, 3.8) is 0 Å². The fraction of sp³-hybridized carbons (Fsp3) is 0.476. The van der Waals surface area contributed by atoms with Gasteiger partial charge in [-0.1, -0.05) is 12.1 Å². The molecule has 1 aromatic heterocycles. The van der Waals surface area contributed by atoms with Crippen LogP contribution < -0.4 is 14.8 Å². The lowest BCUT2D eigenvalue weighted by atomic mass is 9.94. The third-order valence-corrected chi connectivity index (χ3v) is 5.95. The van der Waals surface area contributed by atoms with E-state index in [1.165, 1.54) is 7.11 Å². The number of benzene rings is 1. The average molecular weight is 449 g/mol. The van der Waals surface area contributed by atoms with Crippen molar-refractivity contribution < 1.29 is 23.8 Å². The molecule has 0 saturated carbocycles. The smallest absolute Gasteiger partial charge is 0.328 e. The van der Waals surface area contributed by atoms with Gasteiger partial charge >= 0.3 is 12.0 Å². The van der Waals surface area contributed by atoms with Crippen molar-refractivity contribution in [3.05, 3.63) is 41.5 Å². The zero-order valence-corrected chi connectivity index (χ0v) is 19.0. The van der Waals surface area contributed by atoms with Crippen LogP contribution in [0.2, 0.25) is 0 Å². The number of nitrogens with one attached hydrogen (secondary N) is 2. The third kappa shape index (κ3) is 4.73. The Hall–Kier alpha value is -2.88. The summed E-state index contributed by atoms with van der Waals surface area (Å²) in [5.74, 6) is 1.36. The molecule has 1 aliphatic heterocycles. The summed E-state index contributed by atoms with van der Waals surface area (Å²) >= 11 is 1.60. The monoisotopic (exact) mass is 448 g/mol. The molecule has 3 rings (SSSR count). The van der Waals surface area contributed by atoms with E-state index in [4.69, 9.17) is 14.2 Å². The minimum atomic E-state index is -0.724. The van der Waals surface area contributed by atoms with Crippen LogP contribution >= 0.6 is 11.8 Å². The Balaban J connectivity index is 1.98. The van der Waals surface area contributed by atoms with Gasteiger partial charge in [0.2, 0.25) is 0 Å². The second-order valence-corrected chi connectivity index (χ2v) is 7.99. The Kier molecular flexibility index (Phi) is 7.67. The molecule has 0 aliphatic carbocycles. The van der Waals surface area contributed by atoms with Gasteiger partial charge in [-0.15, -0.1) is 0 Å². The lowest BCUT2D eigenvalue weighted by molar-refractivity contribution is -0.142. The molecule has 1 aliphatic rings. The predicted molar refractivity (Wildman–Crippen MR) is 118 cm³/mol. The molecule has 2 amide bonds. The molecule has 2 atom stereocenters. The third-order valence-electron chi connectivity index (χ3n) is 5.31. The molecule has 1 aromatic carbocycles. The summed E-state index contributed by atoms with van der Waals surface area (Å²) < 4.78 is 16.0. The zero-order valence-electron chi connectivity index (χ0n) is 18.1. The van der Waals surface area contributed by atoms with Gasteiger partial charge in [0.15, 0.2) is 11.5 Å². The van der Waals surface area contributed by atoms with Crippen molar-refractivity contribution in [2.45, 2.75) is 24.9 Å². The number of para-hydroxylation sites is 1. The number of fused-ring (bicyclic) bond motifs is 1. The summed E-state index contributed by atoms with van der Waals surface area (Å²) in [6.45, 7) is 0.447. The lowest BCUT2D eigenvalue weighted by Gasteiger charge is -2.36. The first-order valence-electron chi connectivity index (χ1n) is 9.92. The summed E-state index contributed by atoms with van der Waals surface area (Å²) in [4.78, 5) is 34.9. The van der Waals surface area contributed by atoms with E-state index in [2.05, 4.69) is 15.3 Å². The van der Waals surface area contributed by atoms with Crippen LogP contribution in [0.3, 0.4) is 0 Å². The minimum Gasteiger partial charge on any atom is -0.493 e. The molecule has 0 radical (unpaired) electrons. The maximum absolute atomic E-state index is 13.4. The van der Waals surface area contributed by atoms with Gasteiger partial charge in [0, 0.05) is 24.2 Å². The van der Waals surface area contributed by atoms with E-state index in [9.17, 15) is 9.59 Å². The Labute approximate surface area is 185 Å². The van der Waals surface area contributed by atoms with E-state index in [0.717, 1.165) is 22.7 Å². The number of carbonyl (C=O) groups is 2. The number of H-pyrrole nitrogens is 1. The fourth-order valence-corrected chi connectivity index (χ4v) is 4.27. The highest BCUT2D eigenvalue weighted by molar-refractivity contribution is 7.98. The Morgan fingerprint density at radius 3 is 2.81 bits per heavy atom. The summed E-state index contributed by atoms with van der Waals surface area (Å²) in [5, 5.41) is 2.85. The molecule has 0 saturated heterocycles. The molecule has 2 aromatic rings. The van der Waals surface area contributed by atoms with Gasteiger partial charge in [-0.05, 0) is 24.5 Å². The van der Waals surface area contributed by atoms with E-state index in [-0.39, 0.29) is 6.03 Å². The molecule has 10 heteroatoms. The predicted octanol–water partition coefficient (Wildman–Crippen LogP) is 2.38. The SMILES string of the molecule is COC(=O)[C@@H](CCSC)NC(=O)N1CCc2[nH]cnc2[C@@H]1c1cccc(OC)c1OC. The highest BCUT2D eigenvalue weighted by Crippen LogP contribution is 2.42. The van der Waals surface area contributed by atoms with Gasteiger partial charge < -0.3 is 29.4 Å². The number of rotatable bonds is 8. The van der Waals surface area contributed by atoms with Crippen LogP contribution in [0.5, 0.6) is 11.5 Å². The first kappa shape index (κ1) is 22.8. The number of methoxy groups -OCH3 is 3. The van der Waals surface area contributed by atoms with Crippen molar-refractivity contribution in [2.75, 3.05) is 39.9 Å². The van der Waals surface area contributed by atoms with E-state index < -0.39 is 18.1 Å². The first-order valence-corrected chi connectivity index (χ1v) is 11.3. The van der Waals surface area contributed by atoms with Crippen molar-refractivity contribution in [1.29, 1.82) is 0 Å². The summed E-state index contributed by atoms with van der Waals surface area (Å²) in [7, 11) is 4.46. The largest absolute Gasteiger partial charge is 0.493 e. The second-order valence-electron chi connectivity index (χ2n) is 7.00. The van der Waals surface area contributed by atoms with Gasteiger partial charge in [-0.3, -0.25) is 0 Å². The first-order chi connectivity index (χ1) is 15.0.